The van der Waals surface area contributed by atoms with Crippen molar-refractivity contribution in [3.63, 3.8) is 0 Å². The molecule has 162 valence electrons. The zero-order chi connectivity index (χ0) is 22.7. The predicted octanol–water partition coefficient (Wildman–Crippen LogP) is 4.55. The molecule has 32 heavy (non-hydrogen) atoms. The van der Waals surface area contributed by atoms with Gasteiger partial charge in [-0.2, -0.15) is 0 Å². The van der Waals surface area contributed by atoms with Gasteiger partial charge in [0.05, 0.1) is 17.9 Å². The highest BCUT2D eigenvalue weighted by atomic mass is 16.5. The number of carbonyl (C=O) groups is 2. The Kier molecular flexibility index (Phi) is 5.94. The fraction of sp³-hybridized carbons (Fsp3) is 0.154. The Morgan fingerprint density at radius 3 is 2.25 bits per heavy atom. The molecule has 0 aromatic heterocycles. The first-order chi connectivity index (χ1) is 15.5. The molecular weight excluding hydrogens is 402 g/mol. The number of ether oxygens (including phenoxy) is 1. The summed E-state index contributed by atoms with van der Waals surface area (Å²) in [4.78, 5) is 30.2. The molecule has 6 heteroatoms. The number of hydrogen-bond acceptors (Lipinski definition) is 5. The summed E-state index contributed by atoms with van der Waals surface area (Å²) in [6.45, 7) is 2.50. The minimum Gasteiger partial charge on any atom is -0.494 e. The van der Waals surface area contributed by atoms with Crippen molar-refractivity contribution in [2.75, 3.05) is 35.8 Å². The standard InChI is InChI=1S/C26H25N3O3/c1-4-32-22-15-13-19(14-16-22)27-24-23(18-9-6-5-7-10-18)25(30)29(26(24)31)21-12-8-11-20(17-21)28(2)3/h5-17,27H,4H2,1-3H3. The van der Waals surface area contributed by atoms with Crippen molar-refractivity contribution < 1.29 is 14.3 Å². The van der Waals surface area contributed by atoms with Crippen molar-refractivity contribution >= 4 is 34.4 Å². The van der Waals surface area contributed by atoms with Gasteiger partial charge in [-0.05, 0) is 55.0 Å². The van der Waals surface area contributed by atoms with E-state index < -0.39 is 5.91 Å². The summed E-state index contributed by atoms with van der Waals surface area (Å²) in [5.41, 5.74) is 3.41. The zero-order valence-electron chi connectivity index (χ0n) is 18.3. The number of rotatable bonds is 7. The molecule has 0 saturated heterocycles. The Morgan fingerprint density at radius 1 is 0.875 bits per heavy atom. The van der Waals surface area contributed by atoms with Crippen LogP contribution in [0.25, 0.3) is 5.57 Å². The summed E-state index contributed by atoms with van der Waals surface area (Å²) in [6, 6.07) is 23.9. The van der Waals surface area contributed by atoms with Crippen LogP contribution >= 0.6 is 0 Å². The Morgan fingerprint density at radius 2 is 1.59 bits per heavy atom. The smallest absolute Gasteiger partial charge is 0.282 e. The van der Waals surface area contributed by atoms with E-state index in [1.165, 1.54) is 4.90 Å². The third-order valence-corrected chi connectivity index (χ3v) is 5.19. The van der Waals surface area contributed by atoms with Crippen molar-refractivity contribution in [3.05, 3.63) is 90.1 Å². The molecule has 0 unspecified atom stereocenters. The molecule has 0 fully saturated rings. The van der Waals surface area contributed by atoms with Crippen LogP contribution in [-0.2, 0) is 9.59 Å². The highest BCUT2D eigenvalue weighted by Crippen LogP contribution is 2.35. The van der Waals surface area contributed by atoms with Crippen LogP contribution in [0.5, 0.6) is 5.75 Å². The number of imide groups is 1. The first-order valence-electron chi connectivity index (χ1n) is 10.5. The van der Waals surface area contributed by atoms with Crippen LogP contribution in [0.15, 0.2) is 84.6 Å². The molecule has 1 aliphatic rings. The van der Waals surface area contributed by atoms with Crippen molar-refractivity contribution in [1.82, 2.24) is 0 Å². The molecule has 0 aliphatic carbocycles. The van der Waals surface area contributed by atoms with Gasteiger partial charge in [0.1, 0.15) is 11.4 Å². The van der Waals surface area contributed by atoms with E-state index in [2.05, 4.69) is 5.32 Å². The van der Waals surface area contributed by atoms with E-state index in [1.54, 1.807) is 6.07 Å². The molecule has 4 rings (SSSR count). The van der Waals surface area contributed by atoms with Gasteiger partial charge in [0.25, 0.3) is 11.8 Å². The van der Waals surface area contributed by atoms with Gasteiger partial charge in [0.2, 0.25) is 0 Å². The minimum atomic E-state index is -0.390. The van der Waals surface area contributed by atoms with E-state index in [0.717, 1.165) is 11.4 Å². The van der Waals surface area contributed by atoms with Gasteiger partial charge in [-0.1, -0.05) is 36.4 Å². The molecule has 1 aliphatic heterocycles. The van der Waals surface area contributed by atoms with Crippen LogP contribution < -0.4 is 19.9 Å². The largest absolute Gasteiger partial charge is 0.494 e. The van der Waals surface area contributed by atoms with Crippen molar-refractivity contribution in [2.45, 2.75) is 6.92 Å². The van der Waals surface area contributed by atoms with Crippen molar-refractivity contribution in [3.8, 4) is 5.75 Å². The molecule has 0 radical (unpaired) electrons. The summed E-state index contributed by atoms with van der Waals surface area (Å²) in [6.07, 6.45) is 0. The van der Waals surface area contributed by atoms with Crippen molar-refractivity contribution in [1.29, 1.82) is 0 Å². The number of hydrogen-bond donors (Lipinski definition) is 1. The van der Waals surface area contributed by atoms with Gasteiger partial charge in [-0.15, -0.1) is 0 Å². The molecule has 0 spiro atoms. The minimum absolute atomic E-state index is 0.251. The molecule has 2 amide bonds. The molecule has 0 bridgehead atoms. The van der Waals surface area contributed by atoms with Crippen LogP contribution in [0.2, 0.25) is 0 Å². The second-order valence-corrected chi connectivity index (χ2v) is 7.56. The maximum absolute atomic E-state index is 13.5. The van der Waals surface area contributed by atoms with Gasteiger partial charge in [-0.3, -0.25) is 9.59 Å². The lowest BCUT2D eigenvalue weighted by atomic mass is 10.0. The van der Waals surface area contributed by atoms with Crippen LogP contribution in [-0.4, -0.2) is 32.5 Å². The average molecular weight is 428 g/mol. The van der Waals surface area contributed by atoms with E-state index in [-0.39, 0.29) is 11.6 Å². The Balaban J connectivity index is 1.75. The maximum atomic E-state index is 13.5. The molecule has 3 aromatic rings. The summed E-state index contributed by atoms with van der Waals surface area (Å²) < 4.78 is 5.49. The Bertz CT molecular complexity index is 1170. The van der Waals surface area contributed by atoms with Crippen molar-refractivity contribution in [2.24, 2.45) is 0 Å². The molecule has 3 aromatic carbocycles. The molecule has 1 N–H and O–H groups in total. The summed E-state index contributed by atoms with van der Waals surface area (Å²) in [5.74, 6) is -0.00421. The highest BCUT2D eigenvalue weighted by Gasteiger charge is 2.40. The first kappa shape index (κ1) is 21.2. The first-order valence-corrected chi connectivity index (χ1v) is 10.5. The van der Waals surface area contributed by atoms with E-state index in [4.69, 9.17) is 4.74 Å². The molecular formula is C26H25N3O3. The second kappa shape index (κ2) is 8.98. The van der Waals surface area contributed by atoms with Crippen LogP contribution in [0.1, 0.15) is 12.5 Å². The lowest BCUT2D eigenvalue weighted by Crippen LogP contribution is -2.32. The maximum Gasteiger partial charge on any atom is 0.282 e. The SMILES string of the molecule is CCOc1ccc(NC2=C(c3ccccc3)C(=O)N(c3cccc(N(C)C)c3)C2=O)cc1. The lowest BCUT2D eigenvalue weighted by molar-refractivity contribution is -0.120. The molecule has 0 atom stereocenters. The number of amides is 2. The zero-order valence-corrected chi connectivity index (χ0v) is 18.3. The van der Waals surface area contributed by atoms with Crippen LogP contribution in [0.3, 0.4) is 0 Å². The number of nitrogens with zero attached hydrogens (tertiary/aromatic N) is 2. The summed E-state index contributed by atoms with van der Waals surface area (Å²) >= 11 is 0. The van der Waals surface area contributed by atoms with Crippen LogP contribution in [0, 0.1) is 0 Å². The van der Waals surface area contributed by atoms with Gasteiger partial charge >= 0.3 is 0 Å². The fourth-order valence-electron chi connectivity index (χ4n) is 3.61. The topological polar surface area (TPSA) is 61.9 Å². The summed E-state index contributed by atoms with van der Waals surface area (Å²) in [7, 11) is 3.83. The third-order valence-electron chi connectivity index (χ3n) is 5.19. The van der Waals surface area contributed by atoms with Crippen LogP contribution in [0.4, 0.5) is 17.1 Å². The van der Waals surface area contributed by atoms with Gasteiger partial charge in [-0.25, -0.2) is 4.90 Å². The fourth-order valence-corrected chi connectivity index (χ4v) is 3.61. The monoisotopic (exact) mass is 427 g/mol. The lowest BCUT2D eigenvalue weighted by Gasteiger charge is -2.19. The highest BCUT2D eigenvalue weighted by molar-refractivity contribution is 6.46. The number of carbonyl (C=O) groups excluding carboxylic acids is 2. The second-order valence-electron chi connectivity index (χ2n) is 7.56. The summed E-state index contributed by atoms with van der Waals surface area (Å²) in [5, 5.41) is 3.18. The van der Waals surface area contributed by atoms with E-state index in [9.17, 15) is 9.59 Å². The predicted molar refractivity (Wildman–Crippen MR) is 128 cm³/mol. The van der Waals surface area contributed by atoms with E-state index in [0.29, 0.717) is 29.1 Å². The van der Waals surface area contributed by atoms with Gasteiger partial charge in [0.15, 0.2) is 0 Å². The van der Waals surface area contributed by atoms with E-state index in [1.807, 2.05) is 98.7 Å². The number of anilines is 3. The number of benzene rings is 3. The third kappa shape index (κ3) is 4.07. The number of nitrogens with one attached hydrogen (secondary N) is 1. The average Bonchev–Trinajstić information content (AvgIpc) is 3.05. The normalized spacial score (nSPS) is 13.5. The molecule has 6 nitrogen and oxygen atoms in total. The molecule has 1 heterocycles. The van der Waals surface area contributed by atoms with Gasteiger partial charge in [0, 0.05) is 25.5 Å². The van der Waals surface area contributed by atoms with Gasteiger partial charge < -0.3 is 15.0 Å². The Hall–Kier alpha value is -4.06. The van der Waals surface area contributed by atoms with E-state index >= 15 is 0 Å². The Labute approximate surface area is 187 Å². The quantitative estimate of drug-likeness (QED) is 0.561. The molecule has 0 saturated carbocycles.